The molecule has 5 heteroatoms. The Balaban J connectivity index is 1.76. The van der Waals surface area contributed by atoms with E-state index in [2.05, 4.69) is 0 Å². The predicted molar refractivity (Wildman–Crippen MR) is 117 cm³/mol. The van der Waals surface area contributed by atoms with Crippen molar-refractivity contribution in [2.45, 2.75) is 20.1 Å². The minimum absolute atomic E-state index is 0.0514. The average molecular weight is 405 g/mol. The first-order valence-corrected chi connectivity index (χ1v) is 9.92. The Morgan fingerprint density at radius 2 is 1.67 bits per heavy atom. The number of hydrogen-bond donors (Lipinski definition) is 0. The first-order valence-electron chi connectivity index (χ1n) is 9.92. The van der Waals surface area contributed by atoms with Crippen LogP contribution in [0.3, 0.4) is 0 Å². The zero-order valence-corrected chi connectivity index (χ0v) is 17.6. The molecule has 0 unspecified atom stereocenters. The summed E-state index contributed by atoms with van der Waals surface area (Å²) in [5, 5.41) is 0. The van der Waals surface area contributed by atoms with Crippen LogP contribution >= 0.6 is 0 Å². The van der Waals surface area contributed by atoms with Crippen molar-refractivity contribution < 1.29 is 19.0 Å². The van der Waals surface area contributed by atoms with Crippen molar-refractivity contribution in [2.75, 3.05) is 20.8 Å². The van der Waals surface area contributed by atoms with Crippen molar-refractivity contribution in [1.82, 2.24) is 4.90 Å². The van der Waals surface area contributed by atoms with Crippen molar-refractivity contribution in [3.05, 3.63) is 89.5 Å². The third kappa shape index (κ3) is 5.54. The van der Waals surface area contributed by atoms with Crippen LogP contribution in [0.15, 0.2) is 72.8 Å². The quantitative estimate of drug-likeness (QED) is 0.506. The highest BCUT2D eigenvalue weighted by Gasteiger charge is 2.15. The molecule has 0 aliphatic carbocycles. The SMILES string of the molecule is CCOc1ccc(C(=O)N(C)Cc2ccccc2)cc1COc1cccc(OC)c1. The predicted octanol–water partition coefficient (Wildman–Crippen LogP) is 4.95. The molecular weight excluding hydrogens is 378 g/mol. The van der Waals surface area contributed by atoms with Gasteiger partial charge in [-0.15, -0.1) is 0 Å². The summed E-state index contributed by atoms with van der Waals surface area (Å²) in [6, 6.07) is 22.8. The fourth-order valence-electron chi connectivity index (χ4n) is 3.12. The van der Waals surface area contributed by atoms with Crippen LogP contribution in [0.1, 0.15) is 28.4 Å². The standard InChI is InChI=1S/C25H27NO4/c1-4-29-24-14-13-20(25(27)26(2)17-19-9-6-5-7-10-19)15-21(24)18-30-23-12-8-11-22(16-23)28-3/h5-16H,4,17-18H2,1-3H3. The molecule has 5 nitrogen and oxygen atoms in total. The summed E-state index contributed by atoms with van der Waals surface area (Å²) < 4.78 is 16.9. The second-order valence-electron chi connectivity index (χ2n) is 6.87. The number of rotatable bonds is 9. The van der Waals surface area contributed by atoms with Crippen LogP contribution in [-0.4, -0.2) is 31.6 Å². The summed E-state index contributed by atoms with van der Waals surface area (Å²) in [5.74, 6) is 2.07. The van der Waals surface area contributed by atoms with Gasteiger partial charge >= 0.3 is 0 Å². The molecule has 30 heavy (non-hydrogen) atoms. The van der Waals surface area contributed by atoms with E-state index in [4.69, 9.17) is 14.2 Å². The lowest BCUT2D eigenvalue weighted by molar-refractivity contribution is 0.0785. The summed E-state index contributed by atoms with van der Waals surface area (Å²) in [4.78, 5) is 14.7. The zero-order chi connectivity index (χ0) is 21.3. The Morgan fingerprint density at radius 1 is 0.900 bits per heavy atom. The van der Waals surface area contributed by atoms with Crippen LogP contribution in [0, 0.1) is 0 Å². The van der Waals surface area contributed by atoms with Crippen molar-refractivity contribution in [2.24, 2.45) is 0 Å². The van der Waals surface area contributed by atoms with Gasteiger partial charge in [0, 0.05) is 30.8 Å². The number of amides is 1. The van der Waals surface area contributed by atoms with Gasteiger partial charge in [-0.3, -0.25) is 4.79 Å². The van der Waals surface area contributed by atoms with Crippen molar-refractivity contribution >= 4 is 5.91 Å². The third-order valence-electron chi connectivity index (χ3n) is 4.65. The van der Waals surface area contributed by atoms with E-state index in [1.807, 2.05) is 73.7 Å². The van der Waals surface area contributed by atoms with Crippen LogP contribution in [0.4, 0.5) is 0 Å². The van der Waals surface area contributed by atoms with Gasteiger partial charge in [-0.1, -0.05) is 36.4 Å². The Hall–Kier alpha value is -3.47. The second kappa shape index (κ2) is 10.3. The minimum Gasteiger partial charge on any atom is -0.497 e. The summed E-state index contributed by atoms with van der Waals surface area (Å²) in [7, 11) is 3.42. The number of ether oxygens (including phenoxy) is 3. The number of hydrogen-bond acceptors (Lipinski definition) is 4. The molecule has 156 valence electrons. The second-order valence-corrected chi connectivity index (χ2v) is 6.87. The molecule has 0 fully saturated rings. The number of methoxy groups -OCH3 is 1. The van der Waals surface area contributed by atoms with Crippen LogP contribution in [-0.2, 0) is 13.2 Å². The first kappa shape index (κ1) is 21.2. The van der Waals surface area contributed by atoms with Crippen LogP contribution in [0.2, 0.25) is 0 Å². The van der Waals surface area contributed by atoms with Crippen LogP contribution in [0.25, 0.3) is 0 Å². The Bertz CT molecular complexity index is 972. The number of carbonyl (C=O) groups excluding carboxylic acids is 1. The van der Waals surface area contributed by atoms with E-state index >= 15 is 0 Å². The van der Waals surface area contributed by atoms with E-state index in [9.17, 15) is 4.79 Å². The highest BCUT2D eigenvalue weighted by molar-refractivity contribution is 5.94. The molecule has 0 aliphatic rings. The van der Waals surface area contributed by atoms with Gasteiger partial charge in [0.05, 0.1) is 13.7 Å². The maximum Gasteiger partial charge on any atom is 0.253 e. The van der Waals surface area contributed by atoms with Gasteiger partial charge in [0.1, 0.15) is 23.9 Å². The van der Waals surface area contributed by atoms with Crippen LogP contribution in [0.5, 0.6) is 17.2 Å². The molecule has 0 radical (unpaired) electrons. The smallest absolute Gasteiger partial charge is 0.253 e. The first-order chi connectivity index (χ1) is 14.6. The lowest BCUT2D eigenvalue weighted by atomic mass is 10.1. The highest BCUT2D eigenvalue weighted by atomic mass is 16.5. The maximum atomic E-state index is 13.0. The van der Waals surface area contributed by atoms with Crippen molar-refractivity contribution in [3.63, 3.8) is 0 Å². The lowest BCUT2D eigenvalue weighted by Crippen LogP contribution is -2.26. The summed E-state index contributed by atoms with van der Waals surface area (Å²) >= 11 is 0. The molecule has 0 bridgehead atoms. The molecule has 3 aromatic rings. The third-order valence-corrected chi connectivity index (χ3v) is 4.65. The summed E-state index contributed by atoms with van der Waals surface area (Å²) in [5.41, 5.74) is 2.50. The molecule has 1 amide bonds. The molecule has 0 N–H and O–H groups in total. The average Bonchev–Trinajstić information content (AvgIpc) is 2.79. The number of carbonyl (C=O) groups is 1. The molecule has 0 spiro atoms. The normalized spacial score (nSPS) is 10.4. The van der Waals surface area contributed by atoms with E-state index in [0.717, 1.165) is 16.9 Å². The molecular formula is C25H27NO4. The van der Waals surface area contributed by atoms with Gasteiger partial charge in [-0.05, 0) is 42.8 Å². The van der Waals surface area contributed by atoms with Gasteiger partial charge in [-0.2, -0.15) is 0 Å². The van der Waals surface area contributed by atoms with E-state index in [-0.39, 0.29) is 12.5 Å². The van der Waals surface area contributed by atoms with Gasteiger partial charge in [0.15, 0.2) is 0 Å². The van der Waals surface area contributed by atoms with E-state index in [1.165, 1.54) is 0 Å². The summed E-state index contributed by atoms with van der Waals surface area (Å²) in [6.45, 7) is 3.29. The maximum absolute atomic E-state index is 13.0. The largest absolute Gasteiger partial charge is 0.497 e. The Labute approximate surface area is 177 Å². The Morgan fingerprint density at radius 3 is 2.40 bits per heavy atom. The van der Waals surface area contributed by atoms with Gasteiger partial charge < -0.3 is 19.1 Å². The minimum atomic E-state index is -0.0514. The van der Waals surface area contributed by atoms with Crippen LogP contribution < -0.4 is 14.2 Å². The monoisotopic (exact) mass is 405 g/mol. The fourth-order valence-corrected chi connectivity index (χ4v) is 3.12. The van der Waals surface area contributed by atoms with Gasteiger partial charge in [0.2, 0.25) is 0 Å². The number of nitrogens with zero attached hydrogens (tertiary/aromatic N) is 1. The van der Waals surface area contributed by atoms with Gasteiger partial charge in [0.25, 0.3) is 5.91 Å². The topological polar surface area (TPSA) is 48.0 Å². The highest BCUT2D eigenvalue weighted by Crippen LogP contribution is 2.25. The molecule has 3 rings (SSSR count). The van der Waals surface area contributed by atoms with E-state index < -0.39 is 0 Å². The van der Waals surface area contributed by atoms with E-state index in [0.29, 0.717) is 30.2 Å². The van der Waals surface area contributed by atoms with Crippen molar-refractivity contribution in [1.29, 1.82) is 0 Å². The molecule has 0 saturated carbocycles. The zero-order valence-electron chi connectivity index (χ0n) is 17.6. The van der Waals surface area contributed by atoms with Crippen molar-refractivity contribution in [3.8, 4) is 17.2 Å². The molecule has 0 heterocycles. The molecule has 0 atom stereocenters. The summed E-state index contributed by atoms with van der Waals surface area (Å²) in [6.07, 6.45) is 0. The Kier molecular flexibility index (Phi) is 7.33. The molecule has 0 saturated heterocycles. The molecule has 0 aliphatic heterocycles. The van der Waals surface area contributed by atoms with Gasteiger partial charge in [-0.25, -0.2) is 0 Å². The number of benzene rings is 3. The molecule has 3 aromatic carbocycles. The van der Waals surface area contributed by atoms with E-state index in [1.54, 1.807) is 25.1 Å². The fraction of sp³-hybridized carbons (Fsp3) is 0.240. The molecule has 0 aromatic heterocycles. The lowest BCUT2D eigenvalue weighted by Gasteiger charge is -2.19.